The van der Waals surface area contributed by atoms with Crippen molar-refractivity contribution in [1.29, 1.82) is 0 Å². The van der Waals surface area contributed by atoms with E-state index in [-0.39, 0.29) is 0 Å². The fourth-order valence-electron chi connectivity index (χ4n) is 3.09. The number of methoxy groups -OCH3 is 1. The number of hydrogen-bond acceptors (Lipinski definition) is 3. The molecule has 0 aromatic heterocycles. The Balaban J connectivity index is 2.63. The van der Waals surface area contributed by atoms with Crippen LogP contribution in [-0.4, -0.2) is 18.2 Å². The summed E-state index contributed by atoms with van der Waals surface area (Å²) in [5.41, 5.74) is 3.68. The van der Waals surface area contributed by atoms with Crippen molar-refractivity contribution in [2.45, 2.75) is 47.6 Å². The van der Waals surface area contributed by atoms with Gasteiger partial charge in [-0.25, -0.2) is 4.79 Å². The maximum atomic E-state index is 11.9. The smallest absolute Gasteiger partial charge is 0.332 e. The molecule has 0 radical (unpaired) electrons. The van der Waals surface area contributed by atoms with Crippen molar-refractivity contribution in [3.8, 4) is 11.5 Å². The number of benzene rings is 2. The van der Waals surface area contributed by atoms with Gasteiger partial charge in [-0.1, -0.05) is 62.8 Å². The summed E-state index contributed by atoms with van der Waals surface area (Å²) >= 11 is 0. The molecule has 0 atom stereocenters. The Morgan fingerprint density at radius 3 is 2.27 bits per heavy atom. The van der Waals surface area contributed by atoms with Crippen LogP contribution in [0.2, 0.25) is 0 Å². The van der Waals surface area contributed by atoms with Crippen molar-refractivity contribution >= 4 is 12.0 Å². The second-order valence-corrected chi connectivity index (χ2v) is 8.54. The first-order valence-electron chi connectivity index (χ1n) is 10.1. The average Bonchev–Trinajstić information content (AvgIpc) is 2.68. The van der Waals surface area contributed by atoms with Gasteiger partial charge in [-0.2, -0.15) is 0 Å². The summed E-state index contributed by atoms with van der Waals surface area (Å²) in [6, 6.07) is 13.6. The van der Waals surface area contributed by atoms with E-state index in [2.05, 4.69) is 6.08 Å². The van der Waals surface area contributed by atoms with Crippen molar-refractivity contribution in [3.05, 3.63) is 76.4 Å². The highest BCUT2D eigenvalue weighted by Gasteiger charge is 2.25. The van der Waals surface area contributed by atoms with Gasteiger partial charge in [-0.15, -0.1) is 0 Å². The van der Waals surface area contributed by atoms with Gasteiger partial charge in [0.15, 0.2) is 0 Å². The van der Waals surface area contributed by atoms with Crippen LogP contribution in [0.3, 0.4) is 0 Å². The molecule has 160 valence electrons. The SMILES string of the molecule is COc1ccc(/C=C(\C(=O)O)C(C)(C)C)c(OCc2ccccc2)c1CC=C(C)C. The van der Waals surface area contributed by atoms with Crippen molar-refractivity contribution < 1.29 is 19.4 Å². The summed E-state index contributed by atoms with van der Waals surface area (Å²) in [5, 5.41) is 9.77. The Morgan fingerprint density at radius 2 is 1.73 bits per heavy atom. The highest BCUT2D eigenvalue weighted by molar-refractivity contribution is 5.94. The lowest BCUT2D eigenvalue weighted by Crippen LogP contribution is -2.17. The van der Waals surface area contributed by atoms with Crippen LogP contribution in [0.1, 0.15) is 51.3 Å². The van der Waals surface area contributed by atoms with Gasteiger partial charge >= 0.3 is 5.97 Å². The molecular weight excluding hydrogens is 376 g/mol. The van der Waals surface area contributed by atoms with Crippen molar-refractivity contribution in [2.75, 3.05) is 7.11 Å². The molecule has 0 aliphatic carbocycles. The van der Waals surface area contributed by atoms with Crippen LogP contribution in [0, 0.1) is 5.41 Å². The van der Waals surface area contributed by atoms with Crippen LogP contribution in [0.5, 0.6) is 11.5 Å². The summed E-state index contributed by atoms with van der Waals surface area (Å²) in [6.45, 7) is 10.2. The maximum absolute atomic E-state index is 11.9. The lowest BCUT2D eigenvalue weighted by molar-refractivity contribution is -0.133. The van der Waals surface area contributed by atoms with E-state index in [0.29, 0.717) is 24.4 Å². The van der Waals surface area contributed by atoms with Gasteiger partial charge in [0.1, 0.15) is 18.1 Å². The predicted molar refractivity (Wildman–Crippen MR) is 122 cm³/mol. The van der Waals surface area contributed by atoms with Crippen LogP contribution in [0.15, 0.2) is 59.7 Å². The quantitative estimate of drug-likeness (QED) is 0.411. The zero-order chi connectivity index (χ0) is 22.3. The van der Waals surface area contributed by atoms with Crippen molar-refractivity contribution in [1.82, 2.24) is 0 Å². The molecule has 0 aliphatic rings. The Bertz CT molecular complexity index is 927. The first-order chi connectivity index (χ1) is 14.1. The Kier molecular flexibility index (Phi) is 7.87. The fourth-order valence-corrected chi connectivity index (χ4v) is 3.09. The van der Waals surface area contributed by atoms with E-state index in [1.165, 1.54) is 5.57 Å². The molecule has 30 heavy (non-hydrogen) atoms. The molecule has 2 aromatic carbocycles. The molecule has 4 heteroatoms. The van der Waals surface area contributed by atoms with Gasteiger partial charge in [0, 0.05) is 16.7 Å². The van der Waals surface area contributed by atoms with Gasteiger partial charge in [-0.3, -0.25) is 0 Å². The molecule has 4 nitrogen and oxygen atoms in total. The number of ether oxygens (including phenoxy) is 2. The van der Waals surface area contributed by atoms with Crippen molar-refractivity contribution in [3.63, 3.8) is 0 Å². The molecule has 0 fully saturated rings. The number of allylic oxidation sites excluding steroid dienone is 2. The molecule has 2 rings (SSSR count). The zero-order valence-electron chi connectivity index (χ0n) is 18.8. The number of carbonyl (C=O) groups is 1. The third-order valence-electron chi connectivity index (χ3n) is 4.75. The van der Waals surface area contributed by atoms with E-state index in [1.54, 1.807) is 13.2 Å². The average molecular weight is 409 g/mol. The second-order valence-electron chi connectivity index (χ2n) is 8.54. The lowest BCUT2D eigenvalue weighted by Gasteiger charge is -2.21. The van der Waals surface area contributed by atoms with E-state index in [1.807, 2.05) is 77.1 Å². The molecule has 0 spiro atoms. The lowest BCUT2D eigenvalue weighted by atomic mass is 9.85. The number of carboxylic acid groups (broad SMARTS) is 1. The molecular formula is C26H32O4. The summed E-state index contributed by atoms with van der Waals surface area (Å²) in [5.74, 6) is 0.442. The minimum absolute atomic E-state index is 0.324. The summed E-state index contributed by atoms with van der Waals surface area (Å²) in [6.07, 6.45) is 4.46. The van der Waals surface area contributed by atoms with E-state index >= 15 is 0 Å². The van der Waals surface area contributed by atoms with Crippen LogP contribution < -0.4 is 9.47 Å². The molecule has 0 saturated heterocycles. The molecule has 0 unspecified atom stereocenters. The van der Waals surface area contributed by atoms with E-state index in [0.717, 1.165) is 22.4 Å². The number of rotatable bonds is 8. The third-order valence-corrected chi connectivity index (χ3v) is 4.75. The van der Waals surface area contributed by atoms with Gasteiger partial charge < -0.3 is 14.6 Å². The Labute approximate surface area is 179 Å². The Hall–Kier alpha value is -3.01. The number of aliphatic carboxylic acids is 1. The van der Waals surface area contributed by atoms with Crippen molar-refractivity contribution in [2.24, 2.45) is 5.41 Å². The third kappa shape index (κ3) is 6.24. The molecule has 0 bridgehead atoms. The van der Waals surface area contributed by atoms with Crippen LogP contribution in [-0.2, 0) is 17.8 Å². The minimum Gasteiger partial charge on any atom is -0.496 e. The van der Waals surface area contributed by atoms with Gasteiger partial charge in [0.2, 0.25) is 0 Å². The molecule has 1 N–H and O–H groups in total. The van der Waals surface area contributed by atoms with Gasteiger partial charge in [0.05, 0.1) is 7.11 Å². The summed E-state index contributed by atoms with van der Waals surface area (Å²) in [4.78, 5) is 11.9. The summed E-state index contributed by atoms with van der Waals surface area (Å²) in [7, 11) is 1.63. The largest absolute Gasteiger partial charge is 0.496 e. The van der Waals surface area contributed by atoms with E-state index in [9.17, 15) is 9.90 Å². The molecule has 2 aromatic rings. The maximum Gasteiger partial charge on any atom is 0.332 e. The van der Waals surface area contributed by atoms with E-state index in [4.69, 9.17) is 9.47 Å². The van der Waals surface area contributed by atoms with Crippen LogP contribution in [0.25, 0.3) is 6.08 Å². The van der Waals surface area contributed by atoms with Crippen LogP contribution in [0.4, 0.5) is 0 Å². The van der Waals surface area contributed by atoms with Gasteiger partial charge in [0.25, 0.3) is 0 Å². The topological polar surface area (TPSA) is 55.8 Å². The number of hydrogen-bond donors (Lipinski definition) is 1. The molecule has 0 aliphatic heterocycles. The molecule has 0 amide bonds. The highest BCUT2D eigenvalue weighted by Crippen LogP contribution is 2.37. The molecule has 0 heterocycles. The Morgan fingerprint density at radius 1 is 1.07 bits per heavy atom. The normalized spacial score (nSPS) is 11.7. The standard InChI is InChI=1S/C26H32O4/c1-18(2)12-14-21-23(29-6)15-13-20(16-22(25(27)28)26(3,4)5)24(21)30-17-19-10-8-7-9-11-19/h7-13,15-16H,14,17H2,1-6H3,(H,27,28)/b22-16+. The first-order valence-corrected chi connectivity index (χ1v) is 10.1. The summed E-state index contributed by atoms with van der Waals surface area (Å²) < 4.78 is 11.9. The predicted octanol–water partition coefficient (Wildman–Crippen LogP) is 6.30. The highest BCUT2D eigenvalue weighted by atomic mass is 16.5. The van der Waals surface area contributed by atoms with Gasteiger partial charge in [-0.05, 0) is 49.5 Å². The fraction of sp³-hybridized carbons (Fsp3) is 0.346. The second kappa shape index (κ2) is 10.1. The monoisotopic (exact) mass is 408 g/mol. The zero-order valence-corrected chi connectivity index (χ0v) is 18.8. The van der Waals surface area contributed by atoms with E-state index < -0.39 is 11.4 Å². The van der Waals surface area contributed by atoms with Crippen LogP contribution >= 0.6 is 0 Å². The minimum atomic E-state index is -0.932. The first kappa shape index (κ1) is 23.3. The number of carboxylic acids is 1. The molecule has 0 saturated carbocycles.